The molecule has 2 aromatic carbocycles. The number of H-pyrrole nitrogens is 1. The summed E-state index contributed by atoms with van der Waals surface area (Å²) in [6, 6.07) is 15.4. The molecule has 1 fully saturated rings. The van der Waals surface area contributed by atoms with E-state index in [1.807, 2.05) is 24.3 Å². The summed E-state index contributed by atoms with van der Waals surface area (Å²) in [6.45, 7) is 6.43. The van der Waals surface area contributed by atoms with Gasteiger partial charge in [0.15, 0.2) is 0 Å². The topological polar surface area (TPSA) is 88.3 Å². The third kappa shape index (κ3) is 4.98. The Kier molecular flexibility index (Phi) is 5.86. The van der Waals surface area contributed by atoms with Crippen LogP contribution in [0.4, 0.5) is 5.69 Å². The van der Waals surface area contributed by atoms with E-state index in [9.17, 15) is 13.2 Å². The molecule has 3 aromatic rings. The van der Waals surface area contributed by atoms with Gasteiger partial charge in [-0.2, -0.15) is 0 Å². The van der Waals surface area contributed by atoms with Gasteiger partial charge in [-0.15, -0.1) is 0 Å². The Labute approximate surface area is 195 Å². The zero-order chi connectivity index (χ0) is 24.0. The third-order valence-corrected chi connectivity index (χ3v) is 6.70. The van der Waals surface area contributed by atoms with Crippen LogP contribution in [0.2, 0.25) is 0 Å². The lowest BCUT2D eigenvalue weighted by atomic mass is 9.82. The van der Waals surface area contributed by atoms with Crippen molar-refractivity contribution in [1.82, 2.24) is 4.98 Å². The van der Waals surface area contributed by atoms with Crippen molar-refractivity contribution in [2.45, 2.75) is 44.4 Å². The first-order valence-electron chi connectivity index (χ1n) is 11.0. The van der Waals surface area contributed by atoms with Gasteiger partial charge < -0.3 is 9.72 Å². The molecule has 6 nitrogen and oxygen atoms in total. The highest BCUT2D eigenvalue weighted by molar-refractivity contribution is 7.92. The van der Waals surface area contributed by atoms with E-state index in [0.717, 1.165) is 40.7 Å². The Morgan fingerprint density at radius 2 is 1.76 bits per heavy atom. The fraction of sp³-hybridized carbons (Fsp3) is 0.346. The Morgan fingerprint density at radius 3 is 2.33 bits per heavy atom. The van der Waals surface area contributed by atoms with Gasteiger partial charge in [-0.3, -0.25) is 9.52 Å². The fourth-order valence-corrected chi connectivity index (χ4v) is 5.00. The Morgan fingerprint density at radius 1 is 1.06 bits per heavy atom. The van der Waals surface area contributed by atoms with Crippen molar-refractivity contribution in [1.29, 1.82) is 0 Å². The lowest BCUT2D eigenvalue weighted by molar-refractivity contribution is 0.392. The zero-order valence-electron chi connectivity index (χ0n) is 19.6. The zero-order valence-corrected chi connectivity index (χ0v) is 20.4. The molecular formula is C26H30N2O4S. The predicted octanol–water partition coefficient (Wildman–Crippen LogP) is 4.99. The average Bonchev–Trinajstić information content (AvgIpc) is 3.52. The van der Waals surface area contributed by atoms with E-state index in [1.165, 1.54) is 0 Å². The number of methoxy groups -OCH3 is 1. The molecule has 0 aliphatic heterocycles. The van der Waals surface area contributed by atoms with Crippen LogP contribution in [-0.4, -0.2) is 26.8 Å². The van der Waals surface area contributed by atoms with Crippen molar-refractivity contribution in [2.24, 2.45) is 0 Å². The molecule has 0 bridgehead atoms. The lowest BCUT2D eigenvalue weighted by Crippen LogP contribution is -2.15. The number of pyridine rings is 1. The van der Waals surface area contributed by atoms with Gasteiger partial charge in [-0.25, -0.2) is 8.42 Å². The molecule has 0 amide bonds. The third-order valence-electron chi connectivity index (χ3n) is 6.09. The molecule has 1 aliphatic rings. The van der Waals surface area contributed by atoms with E-state index in [1.54, 1.807) is 25.4 Å². The molecule has 1 saturated carbocycles. The highest BCUT2D eigenvalue weighted by Crippen LogP contribution is 2.58. The van der Waals surface area contributed by atoms with Crippen molar-refractivity contribution >= 4 is 15.7 Å². The summed E-state index contributed by atoms with van der Waals surface area (Å²) in [4.78, 5) is 15.3. The molecule has 174 valence electrons. The molecule has 7 heteroatoms. The second-order valence-electron chi connectivity index (χ2n) is 9.75. The molecule has 1 aromatic heterocycles. The van der Waals surface area contributed by atoms with Crippen molar-refractivity contribution in [3.63, 3.8) is 0 Å². The van der Waals surface area contributed by atoms with Crippen LogP contribution >= 0.6 is 0 Å². The number of aromatic nitrogens is 1. The van der Waals surface area contributed by atoms with Crippen molar-refractivity contribution in [3.8, 4) is 16.9 Å². The number of benzene rings is 2. The minimum absolute atomic E-state index is 0.116. The molecule has 2 N–H and O–H groups in total. The van der Waals surface area contributed by atoms with Gasteiger partial charge in [0.05, 0.1) is 13.4 Å². The van der Waals surface area contributed by atoms with E-state index < -0.39 is 10.0 Å². The van der Waals surface area contributed by atoms with Gasteiger partial charge in [-0.1, -0.05) is 32.9 Å². The van der Waals surface area contributed by atoms with Crippen LogP contribution < -0.4 is 15.0 Å². The maximum absolute atomic E-state index is 12.5. The SMILES string of the molecule is COc1c([C@@H]2C[C@H]2c2ccc(NS(C)(=O)=O)cc2)cc(-c2ccc[nH]c2=O)cc1C(C)(C)C. The summed E-state index contributed by atoms with van der Waals surface area (Å²) < 4.78 is 31.4. The van der Waals surface area contributed by atoms with Crippen LogP contribution in [0.5, 0.6) is 5.75 Å². The largest absolute Gasteiger partial charge is 0.496 e. The second kappa shape index (κ2) is 8.37. The lowest BCUT2D eigenvalue weighted by Gasteiger charge is -2.25. The minimum atomic E-state index is -3.31. The van der Waals surface area contributed by atoms with Gasteiger partial charge in [0.25, 0.3) is 5.56 Å². The predicted molar refractivity (Wildman–Crippen MR) is 133 cm³/mol. The smallest absolute Gasteiger partial charge is 0.255 e. The first-order valence-corrected chi connectivity index (χ1v) is 12.9. The number of ether oxygens (including phenoxy) is 1. The summed E-state index contributed by atoms with van der Waals surface area (Å²) >= 11 is 0. The van der Waals surface area contributed by atoms with Crippen molar-refractivity contribution in [2.75, 3.05) is 18.1 Å². The van der Waals surface area contributed by atoms with Gasteiger partial charge in [-0.05, 0) is 76.8 Å². The van der Waals surface area contributed by atoms with Crippen LogP contribution in [0.15, 0.2) is 59.5 Å². The van der Waals surface area contributed by atoms with Gasteiger partial charge in [0, 0.05) is 23.0 Å². The summed E-state index contributed by atoms with van der Waals surface area (Å²) in [5.74, 6) is 1.45. The highest BCUT2D eigenvalue weighted by atomic mass is 32.2. The molecule has 0 unspecified atom stereocenters. The molecule has 0 spiro atoms. The van der Waals surface area contributed by atoms with Gasteiger partial charge >= 0.3 is 0 Å². The molecular weight excluding hydrogens is 436 g/mol. The highest BCUT2D eigenvalue weighted by Gasteiger charge is 2.42. The van der Waals surface area contributed by atoms with E-state index in [0.29, 0.717) is 17.2 Å². The number of anilines is 1. The quantitative estimate of drug-likeness (QED) is 0.536. The van der Waals surface area contributed by atoms with Gasteiger partial charge in [0.2, 0.25) is 10.0 Å². The Balaban J connectivity index is 1.74. The first kappa shape index (κ1) is 23.1. The number of aromatic amines is 1. The van der Waals surface area contributed by atoms with E-state index >= 15 is 0 Å². The fourth-order valence-electron chi connectivity index (χ4n) is 4.44. The summed E-state index contributed by atoms with van der Waals surface area (Å²) in [6.07, 6.45) is 3.75. The second-order valence-corrected chi connectivity index (χ2v) is 11.5. The Bertz CT molecular complexity index is 1340. The van der Waals surface area contributed by atoms with Gasteiger partial charge in [0.1, 0.15) is 5.75 Å². The number of rotatable bonds is 6. The standard InChI is InChI=1S/C26H30N2O4S/c1-26(2,3)23-14-17(19-7-6-12-27-25(19)29)13-22(24(23)32-4)21-15-20(21)16-8-10-18(11-9-16)28-33(5,30)31/h6-14,20-21,28H,15H2,1-5H3,(H,27,29)/t20-,21+/m0/s1. The molecule has 0 saturated heterocycles. The number of nitrogens with one attached hydrogen (secondary N) is 2. The van der Waals surface area contributed by atoms with Crippen LogP contribution in [0.1, 0.15) is 55.7 Å². The molecule has 2 atom stereocenters. The monoisotopic (exact) mass is 466 g/mol. The summed E-state index contributed by atoms with van der Waals surface area (Å²) in [7, 11) is -1.60. The molecule has 1 heterocycles. The number of hydrogen-bond acceptors (Lipinski definition) is 4. The van der Waals surface area contributed by atoms with Crippen molar-refractivity contribution in [3.05, 3.63) is 81.8 Å². The van der Waals surface area contributed by atoms with Crippen LogP contribution in [0.3, 0.4) is 0 Å². The van der Waals surface area contributed by atoms with Crippen LogP contribution in [0.25, 0.3) is 11.1 Å². The normalized spacial score (nSPS) is 18.1. The molecule has 1 aliphatic carbocycles. The molecule has 33 heavy (non-hydrogen) atoms. The maximum atomic E-state index is 12.5. The van der Waals surface area contributed by atoms with E-state index in [-0.39, 0.29) is 16.9 Å². The van der Waals surface area contributed by atoms with Crippen molar-refractivity contribution < 1.29 is 13.2 Å². The summed E-state index contributed by atoms with van der Waals surface area (Å²) in [5.41, 5.74) is 5.12. The van der Waals surface area contributed by atoms with Crippen LogP contribution in [-0.2, 0) is 15.4 Å². The molecule has 4 rings (SSSR count). The average molecular weight is 467 g/mol. The number of hydrogen-bond donors (Lipinski definition) is 2. The van der Waals surface area contributed by atoms with E-state index in [2.05, 4.69) is 42.6 Å². The maximum Gasteiger partial charge on any atom is 0.255 e. The van der Waals surface area contributed by atoms with E-state index in [4.69, 9.17) is 4.74 Å². The molecule has 0 radical (unpaired) electrons. The van der Waals surface area contributed by atoms with Crippen LogP contribution in [0, 0.1) is 0 Å². The number of sulfonamides is 1. The minimum Gasteiger partial charge on any atom is -0.496 e. The summed E-state index contributed by atoms with van der Waals surface area (Å²) in [5, 5.41) is 0. The first-order chi connectivity index (χ1) is 15.5. The Hall–Kier alpha value is -3.06.